The van der Waals surface area contributed by atoms with Gasteiger partial charge in [-0.1, -0.05) is 0 Å². The fraction of sp³-hybridized carbons (Fsp3) is 0.231. The van der Waals surface area contributed by atoms with Crippen molar-refractivity contribution in [3.63, 3.8) is 0 Å². The topological polar surface area (TPSA) is 76.4 Å². The summed E-state index contributed by atoms with van der Waals surface area (Å²) in [4.78, 5) is 11.3. The van der Waals surface area contributed by atoms with Crippen LogP contribution in [0.25, 0.3) is 0 Å². The number of aryl methyl sites for hydroxylation is 1. The first-order chi connectivity index (χ1) is 9.10. The molecule has 2 N–H and O–H groups in total. The number of hydrogen-bond donors (Lipinski definition) is 2. The first-order valence-corrected chi connectivity index (χ1v) is 5.72. The summed E-state index contributed by atoms with van der Waals surface area (Å²) in [6, 6.07) is 6.24. The summed E-state index contributed by atoms with van der Waals surface area (Å²) in [7, 11) is 3.33. The molecule has 0 saturated carbocycles. The predicted molar refractivity (Wildman–Crippen MR) is 70.2 cm³/mol. The zero-order valence-electron chi connectivity index (χ0n) is 10.7. The molecule has 100 valence electrons. The van der Waals surface area contributed by atoms with Gasteiger partial charge in [-0.25, -0.2) is 4.79 Å². The summed E-state index contributed by atoms with van der Waals surface area (Å²) in [5, 5.41) is 16.2. The lowest BCUT2D eigenvalue weighted by atomic mass is 10.1. The van der Waals surface area contributed by atoms with Gasteiger partial charge in [0.1, 0.15) is 5.75 Å². The van der Waals surface area contributed by atoms with Crippen molar-refractivity contribution in [2.75, 3.05) is 12.4 Å². The van der Waals surface area contributed by atoms with Crippen LogP contribution in [0.3, 0.4) is 0 Å². The maximum atomic E-state index is 11.3. The lowest BCUT2D eigenvalue weighted by molar-refractivity contribution is -0.138. The summed E-state index contributed by atoms with van der Waals surface area (Å²) in [6.45, 7) is 0. The molecular weight excluding hydrogens is 246 g/mol. The van der Waals surface area contributed by atoms with Crippen LogP contribution in [0.1, 0.15) is 11.6 Å². The molecule has 0 bridgehead atoms. The fourth-order valence-electron chi connectivity index (χ4n) is 1.73. The SMILES string of the molecule is COc1ccc(NC(C(=O)O)c2cnn(C)c2)cc1. The van der Waals surface area contributed by atoms with Crippen molar-refractivity contribution in [1.82, 2.24) is 9.78 Å². The van der Waals surface area contributed by atoms with Crippen molar-refractivity contribution >= 4 is 11.7 Å². The molecule has 0 fully saturated rings. The van der Waals surface area contributed by atoms with Gasteiger partial charge in [-0.05, 0) is 24.3 Å². The summed E-state index contributed by atoms with van der Waals surface area (Å²) in [5.74, 6) is -0.234. The summed E-state index contributed by atoms with van der Waals surface area (Å²) >= 11 is 0. The number of nitrogens with zero attached hydrogens (tertiary/aromatic N) is 2. The Labute approximate surface area is 110 Å². The van der Waals surface area contributed by atoms with Crippen LogP contribution in [-0.4, -0.2) is 28.0 Å². The van der Waals surface area contributed by atoms with Crippen LogP contribution >= 0.6 is 0 Å². The minimum absolute atomic E-state index is 0.603. The van der Waals surface area contributed by atoms with E-state index in [0.717, 1.165) is 5.75 Å². The number of anilines is 1. The predicted octanol–water partition coefficient (Wildman–Crippen LogP) is 1.67. The fourth-order valence-corrected chi connectivity index (χ4v) is 1.73. The number of carboxylic acid groups (broad SMARTS) is 1. The third kappa shape index (κ3) is 3.04. The Kier molecular flexibility index (Phi) is 3.70. The minimum Gasteiger partial charge on any atom is -0.497 e. The lowest BCUT2D eigenvalue weighted by Gasteiger charge is -2.14. The first-order valence-electron chi connectivity index (χ1n) is 5.72. The maximum absolute atomic E-state index is 11.3. The molecule has 1 aromatic carbocycles. The number of aromatic nitrogens is 2. The maximum Gasteiger partial charge on any atom is 0.330 e. The molecule has 6 nitrogen and oxygen atoms in total. The Morgan fingerprint density at radius 1 is 1.42 bits per heavy atom. The number of nitrogens with one attached hydrogen (secondary N) is 1. The van der Waals surface area contributed by atoms with Gasteiger partial charge in [0.15, 0.2) is 6.04 Å². The number of benzene rings is 1. The summed E-state index contributed by atoms with van der Waals surface area (Å²) in [5.41, 5.74) is 1.31. The van der Waals surface area contributed by atoms with Crippen molar-refractivity contribution < 1.29 is 14.6 Å². The highest BCUT2D eigenvalue weighted by molar-refractivity contribution is 5.79. The third-order valence-corrected chi connectivity index (χ3v) is 2.71. The number of carboxylic acids is 1. The minimum atomic E-state index is -0.955. The van der Waals surface area contributed by atoms with Crippen LogP contribution in [0.2, 0.25) is 0 Å². The van der Waals surface area contributed by atoms with Gasteiger partial charge >= 0.3 is 5.97 Å². The second-order valence-corrected chi connectivity index (χ2v) is 4.09. The van der Waals surface area contributed by atoms with Crippen molar-refractivity contribution in [1.29, 1.82) is 0 Å². The average molecular weight is 261 g/mol. The van der Waals surface area contributed by atoms with Crippen LogP contribution in [0.15, 0.2) is 36.7 Å². The molecular formula is C13H15N3O3. The van der Waals surface area contributed by atoms with Gasteiger partial charge in [-0.15, -0.1) is 0 Å². The highest BCUT2D eigenvalue weighted by atomic mass is 16.5. The van der Waals surface area contributed by atoms with Crippen LogP contribution in [-0.2, 0) is 11.8 Å². The van der Waals surface area contributed by atoms with Gasteiger partial charge < -0.3 is 15.2 Å². The number of ether oxygens (including phenoxy) is 1. The van der Waals surface area contributed by atoms with Crippen LogP contribution in [0, 0.1) is 0 Å². The van der Waals surface area contributed by atoms with E-state index >= 15 is 0 Å². The van der Waals surface area contributed by atoms with E-state index in [1.807, 2.05) is 0 Å². The largest absolute Gasteiger partial charge is 0.497 e. The first kappa shape index (κ1) is 12.9. The van der Waals surface area contributed by atoms with Gasteiger partial charge in [-0.2, -0.15) is 5.10 Å². The second-order valence-electron chi connectivity index (χ2n) is 4.09. The van der Waals surface area contributed by atoms with Crippen molar-refractivity contribution in [3.05, 3.63) is 42.2 Å². The Hall–Kier alpha value is -2.50. The Morgan fingerprint density at radius 3 is 2.58 bits per heavy atom. The molecule has 19 heavy (non-hydrogen) atoms. The van der Waals surface area contributed by atoms with E-state index in [9.17, 15) is 9.90 Å². The molecule has 0 radical (unpaired) electrons. The quantitative estimate of drug-likeness (QED) is 0.856. The molecule has 1 unspecified atom stereocenters. The normalized spacial score (nSPS) is 11.9. The van der Waals surface area contributed by atoms with Crippen molar-refractivity contribution in [2.45, 2.75) is 6.04 Å². The highest BCUT2D eigenvalue weighted by Gasteiger charge is 2.21. The molecule has 0 amide bonds. The number of aliphatic carboxylic acids is 1. The highest BCUT2D eigenvalue weighted by Crippen LogP contribution is 2.21. The zero-order valence-corrected chi connectivity index (χ0v) is 10.7. The molecule has 2 aromatic rings. The van der Waals surface area contributed by atoms with Gasteiger partial charge in [0.05, 0.1) is 13.3 Å². The summed E-state index contributed by atoms with van der Waals surface area (Å²) in [6.07, 6.45) is 3.21. The second kappa shape index (κ2) is 5.43. The monoisotopic (exact) mass is 261 g/mol. The molecule has 1 heterocycles. The van der Waals surface area contributed by atoms with E-state index < -0.39 is 12.0 Å². The summed E-state index contributed by atoms with van der Waals surface area (Å²) < 4.78 is 6.62. The standard InChI is InChI=1S/C13H15N3O3/c1-16-8-9(7-14-16)12(13(17)18)15-10-3-5-11(19-2)6-4-10/h3-8,12,15H,1-2H3,(H,17,18). The lowest BCUT2D eigenvalue weighted by Crippen LogP contribution is -2.20. The number of rotatable bonds is 5. The van der Waals surface area contributed by atoms with Crippen LogP contribution < -0.4 is 10.1 Å². The number of hydrogen-bond acceptors (Lipinski definition) is 4. The molecule has 0 aliphatic rings. The van der Waals surface area contributed by atoms with Crippen LogP contribution in [0.5, 0.6) is 5.75 Å². The molecule has 1 atom stereocenters. The van der Waals surface area contributed by atoms with E-state index in [1.165, 1.54) is 6.20 Å². The van der Waals surface area contributed by atoms with E-state index in [-0.39, 0.29) is 0 Å². The molecule has 0 saturated heterocycles. The average Bonchev–Trinajstić information content (AvgIpc) is 2.82. The van der Waals surface area contributed by atoms with Crippen LogP contribution in [0.4, 0.5) is 5.69 Å². The third-order valence-electron chi connectivity index (χ3n) is 2.71. The van der Waals surface area contributed by atoms with E-state index in [2.05, 4.69) is 10.4 Å². The van der Waals surface area contributed by atoms with Crippen molar-refractivity contribution in [2.24, 2.45) is 7.05 Å². The van der Waals surface area contributed by atoms with Gasteiger partial charge in [0, 0.05) is 24.5 Å². The number of carbonyl (C=O) groups is 1. The molecule has 0 aliphatic carbocycles. The Morgan fingerprint density at radius 2 is 2.11 bits per heavy atom. The molecule has 0 aliphatic heterocycles. The molecule has 1 aromatic heterocycles. The number of methoxy groups -OCH3 is 1. The van der Waals surface area contributed by atoms with Gasteiger partial charge in [0.2, 0.25) is 0 Å². The Bertz CT molecular complexity index is 563. The van der Waals surface area contributed by atoms with Crippen molar-refractivity contribution in [3.8, 4) is 5.75 Å². The van der Waals surface area contributed by atoms with Gasteiger partial charge in [-0.3, -0.25) is 4.68 Å². The smallest absolute Gasteiger partial charge is 0.330 e. The van der Waals surface area contributed by atoms with E-state index in [1.54, 1.807) is 49.3 Å². The molecule has 6 heteroatoms. The van der Waals surface area contributed by atoms with Gasteiger partial charge in [0.25, 0.3) is 0 Å². The Balaban J connectivity index is 2.18. The molecule has 0 spiro atoms. The zero-order chi connectivity index (χ0) is 13.8. The van der Waals surface area contributed by atoms with E-state index in [0.29, 0.717) is 11.3 Å². The van der Waals surface area contributed by atoms with E-state index in [4.69, 9.17) is 4.74 Å². The molecule has 2 rings (SSSR count).